The second-order valence-corrected chi connectivity index (χ2v) is 5.48. The van der Waals surface area contributed by atoms with E-state index in [0.717, 1.165) is 19.3 Å². The molecular weight excluding hydrogens is 196 g/mol. The van der Waals surface area contributed by atoms with Crippen molar-refractivity contribution in [2.24, 2.45) is 5.41 Å². The van der Waals surface area contributed by atoms with Gasteiger partial charge in [0.05, 0.1) is 5.41 Å². The van der Waals surface area contributed by atoms with Crippen LogP contribution in [0.5, 0.6) is 0 Å². The minimum absolute atomic E-state index is 0.546. The maximum Gasteiger partial charge on any atom is 0.309 e. The number of hydrogen-bond donors (Lipinski definition) is 1. The number of aliphatic carboxylic acids is 1. The fraction of sp³-hybridized carbons (Fsp3) is 0.909. The van der Waals surface area contributed by atoms with Crippen molar-refractivity contribution in [2.75, 3.05) is 11.5 Å². The molecule has 0 aliphatic carbocycles. The molecule has 0 aliphatic rings. The molecule has 14 heavy (non-hydrogen) atoms. The SMILES string of the molecule is CCCSCCCCC(C)(C)C(=O)O. The predicted octanol–water partition coefficient (Wildman–Crippen LogP) is 3.41. The normalized spacial score (nSPS) is 11.6. The lowest BCUT2D eigenvalue weighted by Crippen LogP contribution is -2.23. The monoisotopic (exact) mass is 218 g/mol. The Labute approximate surface area is 91.5 Å². The highest BCUT2D eigenvalue weighted by atomic mass is 32.2. The summed E-state index contributed by atoms with van der Waals surface area (Å²) in [5, 5.41) is 8.88. The fourth-order valence-corrected chi connectivity index (χ4v) is 2.03. The van der Waals surface area contributed by atoms with Crippen LogP contribution in [0.2, 0.25) is 0 Å². The molecule has 3 heteroatoms. The van der Waals surface area contributed by atoms with Gasteiger partial charge in [-0.2, -0.15) is 11.8 Å². The van der Waals surface area contributed by atoms with Crippen LogP contribution in [0.4, 0.5) is 0 Å². The molecule has 0 unspecified atom stereocenters. The molecule has 0 radical (unpaired) electrons. The topological polar surface area (TPSA) is 37.3 Å². The van der Waals surface area contributed by atoms with Gasteiger partial charge >= 0.3 is 5.97 Å². The Bertz CT molecular complexity index is 167. The van der Waals surface area contributed by atoms with Crippen LogP contribution < -0.4 is 0 Å². The van der Waals surface area contributed by atoms with Gasteiger partial charge in [0.1, 0.15) is 0 Å². The summed E-state index contributed by atoms with van der Waals surface area (Å²) in [6.07, 6.45) is 4.18. The Morgan fingerprint density at radius 2 is 1.93 bits per heavy atom. The molecule has 1 N–H and O–H groups in total. The van der Waals surface area contributed by atoms with Crippen molar-refractivity contribution >= 4 is 17.7 Å². The number of hydrogen-bond acceptors (Lipinski definition) is 2. The number of carboxylic acids is 1. The maximum absolute atomic E-state index is 10.8. The lowest BCUT2D eigenvalue weighted by molar-refractivity contribution is -0.147. The van der Waals surface area contributed by atoms with Gasteiger partial charge in [0.15, 0.2) is 0 Å². The zero-order chi connectivity index (χ0) is 11.0. The number of rotatable bonds is 8. The van der Waals surface area contributed by atoms with Gasteiger partial charge in [-0.15, -0.1) is 0 Å². The second kappa shape index (κ2) is 7.16. The van der Waals surface area contributed by atoms with Gasteiger partial charge in [0.2, 0.25) is 0 Å². The molecule has 0 saturated carbocycles. The molecule has 0 aliphatic heterocycles. The third-order valence-electron chi connectivity index (χ3n) is 2.27. The molecule has 2 nitrogen and oxygen atoms in total. The van der Waals surface area contributed by atoms with E-state index in [-0.39, 0.29) is 0 Å². The van der Waals surface area contributed by atoms with Crippen molar-refractivity contribution in [1.82, 2.24) is 0 Å². The molecule has 0 bridgehead atoms. The molecular formula is C11H22O2S. The Morgan fingerprint density at radius 1 is 1.29 bits per heavy atom. The van der Waals surface area contributed by atoms with Gasteiger partial charge in [-0.1, -0.05) is 13.3 Å². The number of unbranched alkanes of at least 4 members (excludes halogenated alkanes) is 1. The molecule has 0 fully saturated rings. The molecule has 0 aromatic carbocycles. The van der Waals surface area contributed by atoms with Crippen LogP contribution in [0.15, 0.2) is 0 Å². The van der Waals surface area contributed by atoms with Gasteiger partial charge < -0.3 is 5.11 Å². The number of carboxylic acid groups (broad SMARTS) is 1. The Morgan fingerprint density at radius 3 is 2.43 bits per heavy atom. The van der Waals surface area contributed by atoms with Gasteiger partial charge in [-0.25, -0.2) is 0 Å². The Kier molecular flexibility index (Phi) is 7.06. The molecule has 0 spiro atoms. The van der Waals surface area contributed by atoms with E-state index in [1.54, 1.807) is 13.8 Å². The molecule has 0 heterocycles. The highest BCUT2D eigenvalue weighted by Crippen LogP contribution is 2.23. The zero-order valence-corrected chi connectivity index (χ0v) is 10.3. The molecule has 0 rings (SSSR count). The van der Waals surface area contributed by atoms with Crippen LogP contribution in [0.3, 0.4) is 0 Å². The van der Waals surface area contributed by atoms with Crippen molar-refractivity contribution in [3.05, 3.63) is 0 Å². The van der Waals surface area contributed by atoms with Gasteiger partial charge in [0, 0.05) is 0 Å². The van der Waals surface area contributed by atoms with Crippen molar-refractivity contribution in [2.45, 2.75) is 46.5 Å². The lowest BCUT2D eigenvalue weighted by atomic mass is 9.88. The van der Waals surface area contributed by atoms with Gasteiger partial charge in [-0.05, 0) is 44.6 Å². The first-order valence-electron chi connectivity index (χ1n) is 5.32. The Balaban J connectivity index is 3.40. The van der Waals surface area contributed by atoms with E-state index < -0.39 is 11.4 Å². The summed E-state index contributed by atoms with van der Waals surface area (Å²) >= 11 is 1.96. The van der Waals surface area contributed by atoms with E-state index in [9.17, 15) is 4.79 Å². The second-order valence-electron chi connectivity index (χ2n) is 4.26. The van der Waals surface area contributed by atoms with Crippen molar-refractivity contribution in [1.29, 1.82) is 0 Å². The summed E-state index contributed by atoms with van der Waals surface area (Å²) in [6.45, 7) is 5.78. The largest absolute Gasteiger partial charge is 0.481 e. The van der Waals surface area contributed by atoms with Crippen LogP contribution in [0.25, 0.3) is 0 Å². The van der Waals surface area contributed by atoms with Crippen LogP contribution in [0.1, 0.15) is 46.5 Å². The summed E-state index contributed by atoms with van der Waals surface area (Å²) in [5.41, 5.74) is -0.546. The molecule has 0 atom stereocenters. The van der Waals surface area contributed by atoms with Gasteiger partial charge in [0.25, 0.3) is 0 Å². The van der Waals surface area contributed by atoms with Crippen LogP contribution in [-0.2, 0) is 4.79 Å². The summed E-state index contributed by atoms with van der Waals surface area (Å²) in [6, 6.07) is 0. The molecule has 84 valence electrons. The number of thioether (sulfide) groups is 1. The van der Waals surface area contributed by atoms with E-state index in [2.05, 4.69) is 6.92 Å². The molecule has 0 saturated heterocycles. The van der Waals surface area contributed by atoms with E-state index >= 15 is 0 Å². The smallest absolute Gasteiger partial charge is 0.309 e. The zero-order valence-electron chi connectivity index (χ0n) is 9.51. The number of carbonyl (C=O) groups is 1. The van der Waals surface area contributed by atoms with E-state index in [0.29, 0.717) is 0 Å². The minimum atomic E-state index is -0.682. The average molecular weight is 218 g/mol. The first-order chi connectivity index (χ1) is 6.50. The summed E-state index contributed by atoms with van der Waals surface area (Å²) < 4.78 is 0. The average Bonchev–Trinajstić information content (AvgIpc) is 2.10. The highest BCUT2D eigenvalue weighted by molar-refractivity contribution is 7.99. The predicted molar refractivity (Wildman–Crippen MR) is 62.9 cm³/mol. The summed E-state index contributed by atoms with van der Waals surface area (Å²) in [7, 11) is 0. The highest BCUT2D eigenvalue weighted by Gasteiger charge is 2.25. The Hall–Kier alpha value is -0.180. The minimum Gasteiger partial charge on any atom is -0.481 e. The fourth-order valence-electron chi connectivity index (χ4n) is 1.12. The molecule has 0 amide bonds. The van der Waals surface area contributed by atoms with Crippen molar-refractivity contribution in [3.63, 3.8) is 0 Å². The quantitative estimate of drug-likeness (QED) is 0.634. The van der Waals surface area contributed by atoms with Gasteiger partial charge in [-0.3, -0.25) is 4.79 Å². The van der Waals surface area contributed by atoms with Crippen LogP contribution >= 0.6 is 11.8 Å². The van der Waals surface area contributed by atoms with E-state index in [4.69, 9.17) is 5.11 Å². The standard InChI is InChI=1S/C11H22O2S/c1-4-8-14-9-6-5-7-11(2,3)10(12)13/h4-9H2,1-3H3,(H,12,13). The molecule has 0 aromatic rings. The summed E-state index contributed by atoms with van der Waals surface area (Å²) in [5.74, 6) is 1.71. The van der Waals surface area contributed by atoms with Crippen molar-refractivity contribution in [3.8, 4) is 0 Å². The lowest BCUT2D eigenvalue weighted by Gasteiger charge is -2.18. The van der Waals surface area contributed by atoms with Crippen molar-refractivity contribution < 1.29 is 9.90 Å². The third-order valence-corrected chi connectivity index (χ3v) is 3.54. The first kappa shape index (κ1) is 13.8. The maximum atomic E-state index is 10.8. The van der Waals surface area contributed by atoms with Crippen LogP contribution in [-0.4, -0.2) is 22.6 Å². The third kappa shape index (κ3) is 6.30. The van der Waals surface area contributed by atoms with E-state index in [1.165, 1.54) is 17.9 Å². The van der Waals surface area contributed by atoms with E-state index in [1.807, 2.05) is 11.8 Å². The summed E-state index contributed by atoms with van der Waals surface area (Å²) in [4.78, 5) is 10.8. The first-order valence-corrected chi connectivity index (χ1v) is 6.47. The van der Waals surface area contributed by atoms with Crippen LogP contribution in [0, 0.1) is 5.41 Å². The molecule has 0 aromatic heterocycles.